The molecule has 1 rings (SSSR count). The Morgan fingerprint density at radius 1 is 1.44 bits per heavy atom. The highest BCUT2D eigenvalue weighted by molar-refractivity contribution is 7.99. The molecule has 0 amide bonds. The van der Waals surface area contributed by atoms with Crippen LogP contribution in [-0.4, -0.2) is 31.1 Å². The number of rotatable bonds is 7. The number of thioether (sulfide) groups is 1. The topological polar surface area (TPSA) is 66.4 Å². The first-order chi connectivity index (χ1) is 8.49. The van der Waals surface area contributed by atoms with E-state index in [1.54, 1.807) is 23.9 Å². The third-order valence-electron chi connectivity index (χ3n) is 2.32. The molecule has 6 heteroatoms. The lowest BCUT2D eigenvalue weighted by molar-refractivity contribution is 0.281. The molecule has 1 unspecified atom stereocenters. The Morgan fingerprint density at radius 2 is 2.17 bits per heavy atom. The summed E-state index contributed by atoms with van der Waals surface area (Å²) < 4.78 is 26.8. The van der Waals surface area contributed by atoms with Crippen LogP contribution in [-0.2, 0) is 16.6 Å². The summed E-state index contributed by atoms with van der Waals surface area (Å²) in [7, 11) is -3.50. The van der Waals surface area contributed by atoms with E-state index in [0.29, 0.717) is 5.56 Å². The Morgan fingerprint density at radius 3 is 2.78 bits per heavy atom. The van der Waals surface area contributed by atoms with Crippen molar-refractivity contribution in [3.8, 4) is 0 Å². The second-order valence-electron chi connectivity index (χ2n) is 3.99. The van der Waals surface area contributed by atoms with Gasteiger partial charge in [-0.2, -0.15) is 11.8 Å². The molecule has 0 fully saturated rings. The Labute approximate surface area is 113 Å². The van der Waals surface area contributed by atoms with Crippen LogP contribution in [0.5, 0.6) is 0 Å². The first-order valence-electron chi connectivity index (χ1n) is 5.79. The molecule has 0 saturated carbocycles. The van der Waals surface area contributed by atoms with Gasteiger partial charge in [0.25, 0.3) is 0 Å². The number of aliphatic hydroxyl groups is 1. The molecule has 0 aromatic heterocycles. The average Bonchev–Trinajstić information content (AvgIpc) is 2.36. The summed E-state index contributed by atoms with van der Waals surface area (Å²) in [5, 5.41) is 9.01. The lowest BCUT2D eigenvalue weighted by Crippen LogP contribution is -2.34. The number of hydrogen-bond acceptors (Lipinski definition) is 4. The highest BCUT2D eigenvalue weighted by atomic mass is 32.2. The van der Waals surface area contributed by atoms with Crippen LogP contribution in [0.3, 0.4) is 0 Å². The van der Waals surface area contributed by atoms with Crippen molar-refractivity contribution in [3.63, 3.8) is 0 Å². The fourth-order valence-corrected chi connectivity index (χ4v) is 3.56. The van der Waals surface area contributed by atoms with Gasteiger partial charge in [0.1, 0.15) is 0 Å². The lowest BCUT2D eigenvalue weighted by Gasteiger charge is -2.14. The molecule has 0 aliphatic carbocycles. The Balaban J connectivity index is 2.79. The van der Waals surface area contributed by atoms with Gasteiger partial charge in [-0.15, -0.1) is 0 Å². The predicted octanol–water partition coefficient (Wildman–Crippen LogP) is 1.60. The van der Waals surface area contributed by atoms with Crippen LogP contribution in [0.25, 0.3) is 0 Å². The molecule has 18 heavy (non-hydrogen) atoms. The van der Waals surface area contributed by atoms with Crippen LogP contribution in [0, 0.1) is 0 Å². The molecule has 1 aromatic carbocycles. The molecular weight excluding hydrogens is 270 g/mol. The minimum atomic E-state index is -3.50. The molecule has 4 nitrogen and oxygen atoms in total. The molecule has 0 aliphatic heterocycles. The number of aliphatic hydroxyl groups excluding tert-OH is 1. The van der Waals surface area contributed by atoms with Crippen LogP contribution in [0.15, 0.2) is 29.2 Å². The third-order valence-corrected chi connectivity index (χ3v) is 5.05. The normalized spacial score (nSPS) is 13.5. The number of benzene rings is 1. The molecule has 0 bridgehead atoms. The van der Waals surface area contributed by atoms with Crippen LogP contribution in [0.1, 0.15) is 19.4 Å². The fraction of sp³-hybridized carbons (Fsp3) is 0.500. The van der Waals surface area contributed by atoms with Gasteiger partial charge in [0, 0.05) is 11.8 Å². The summed E-state index contributed by atoms with van der Waals surface area (Å²) in [6, 6.07) is 6.22. The van der Waals surface area contributed by atoms with Gasteiger partial charge in [-0.1, -0.05) is 19.1 Å². The zero-order valence-electron chi connectivity index (χ0n) is 10.6. The standard InChI is InChI=1S/C12H19NO3S2/c1-3-17-9-10(2)13-18(15,16)12-6-4-5-11(7-12)8-14/h4-7,10,13-14H,3,8-9H2,1-2H3. The Hall–Kier alpha value is -0.560. The maximum atomic E-state index is 12.1. The van der Waals surface area contributed by atoms with Crippen LogP contribution >= 0.6 is 11.8 Å². The first kappa shape index (κ1) is 15.5. The van der Waals surface area contributed by atoms with Gasteiger partial charge in [0.05, 0.1) is 11.5 Å². The summed E-state index contributed by atoms with van der Waals surface area (Å²) >= 11 is 1.69. The smallest absolute Gasteiger partial charge is 0.240 e. The zero-order valence-corrected chi connectivity index (χ0v) is 12.2. The first-order valence-corrected chi connectivity index (χ1v) is 8.43. The third kappa shape index (κ3) is 4.61. The van der Waals surface area contributed by atoms with Gasteiger partial charge in [-0.25, -0.2) is 13.1 Å². The van der Waals surface area contributed by atoms with Crippen molar-refractivity contribution in [2.45, 2.75) is 31.4 Å². The Kier molecular flexibility index (Phi) is 6.14. The average molecular weight is 289 g/mol. The van der Waals surface area contributed by atoms with Gasteiger partial charge in [-0.05, 0) is 30.4 Å². The molecule has 1 atom stereocenters. The van der Waals surface area contributed by atoms with E-state index in [0.717, 1.165) is 11.5 Å². The van der Waals surface area contributed by atoms with E-state index in [-0.39, 0.29) is 17.5 Å². The van der Waals surface area contributed by atoms with E-state index in [1.807, 2.05) is 13.8 Å². The molecule has 0 saturated heterocycles. The van der Waals surface area contributed by atoms with Crippen molar-refractivity contribution < 1.29 is 13.5 Å². The summed E-state index contributed by atoms with van der Waals surface area (Å²) in [6.07, 6.45) is 0. The Bertz CT molecular complexity index is 474. The molecule has 0 radical (unpaired) electrons. The second kappa shape index (κ2) is 7.13. The lowest BCUT2D eigenvalue weighted by atomic mass is 10.2. The monoisotopic (exact) mass is 289 g/mol. The molecule has 102 valence electrons. The quantitative estimate of drug-likeness (QED) is 0.800. The number of hydrogen-bond donors (Lipinski definition) is 2. The summed E-state index contributed by atoms with van der Waals surface area (Å²) in [4.78, 5) is 0.197. The summed E-state index contributed by atoms with van der Waals surface area (Å²) in [6.45, 7) is 3.72. The van der Waals surface area contributed by atoms with E-state index >= 15 is 0 Å². The van der Waals surface area contributed by atoms with Gasteiger partial charge in [0.15, 0.2) is 0 Å². The van der Waals surface area contributed by atoms with Gasteiger partial charge in [-0.3, -0.25) is 0 Å². The minimum absolute atomic E-state index is 0.113. The highest BCUT2D eigenvalue weighted by Crippen LogP contribution is 2.13. The van der Waals surface area contributed by atoms with Crippen LogP contribution < -0.4 is 4.72 Å². The van der Waals surface area contributed by atoms with Crippen LogP contribution in [0.2, 0.25) is 0 Å². The minimum Gasteiger partial charge on any atom is -0.392 e. The van der Waals surface area contributed by atoms with Crippen molar-refractivity contribution in [1.29, 1.82) is 0 Å². The van der Waals surface area contributed by atoms with Crippen LogP contribution in [0.4, 0.5) is 0 Å². The van der Waals surface area contributed by atoms with E-state index < -0.39 is 10.0 Å². The fourth-order valence-electron chi connectivity index (χ4n) is 1.47. The van der Waals surface area contributed by atoms with Crippen molar-refractivity contribution in [3.05, 3.63) is 29.8 Å². The van der Waals surface area contributed by atoms with Gasteiger partial charge >= 0.3 is 0 Å². The molecular formula is C12H19NO3S2. The van der Waals surface area contributed by atoms with E-state index in [1.165, 1.54) is 12.1 Å². The number of sulfonamides is 1. The van der Waals surface area contributed by atoms with E-state index in [2.05, 4.69) is 4.72 Å². The molecule has 0 spiro atoms. The molecule has 2 N–H and O–H groups in total. The second-order valence-corrected chi connectivity index (χ2v) is 7.02. The van der Waals surface area contributed by atoms with Crippen molar-refractivity contribution in [1.82, 2.24) is 4.72 Å². The van der Waals surface area contributed by atoms with Crippen molar-refractivity contribution in [2.24, 2.45) is 0 Å². The van der Waals surface area contributed by atoms with Gasteiger partial charge in [0.2, 0.25) is 10.0 Å². The molecule has 0 aliphatic rings. The van der Waals surface area contributed by atoms with E-state index in [9.17, 15) is 8.42 Å². The molecule has 0 heterocycles. The summed E-state index contributed by atoms with van der Waals surface area (Å²) in [5.74, 6) is 1.71. The van der Waals surface area contributed by atoms with Crippen molar-refractivity contribution >= 4 is 21.8 Å². The van der Waals surface area contributed by atoms with E-state index in [4.69, 9.17) is 5.11 Å². The largest absolute Gasteiger partial charge is 0.392 e. The van der Waals surface area contributed by atoms with Crippen molar-refractivity contribution in [2.75, 3.05) is 11.5 Å². The molecule has 1 aromatic rings. The predicted molar refractivity (Wildman–Crippen MR) is 75.1 cm³/mol. The zero-order chi connectivity index (χ0) is 13.6. The highest BCUT2D eigenvalue weighted by Gasteiger charge is 2.17. The summed E-state index contributed by atoms with van der Waals surface area (Å²) in [5.41, 5.74) is 0.591. The maximum absolute atomic E-state index is 12.1. The number of nitrogens with one attached hydrogen (secondary N) is 1. The maximum Gasteiger partial charge on any atom is 0.240 e. The van der Waals surface area contributed by atoms with Gasteiger partial charge < -0.3 is 5.11 Å². The SMILES string of the molecule is CCSCC(C)NS(=O)(=O)c1cccc(CO)c1.